The van der Waals surface area contributed by atoms with E-state index in [0.717, 1.165) is 21.3 Å². The second-order valence-corrected chi connectivity index (χ2v) is 6.47. The fourth-order valence-electron chi connectivity index (χ4n) is 1.70. The third-order valence-corrected chi connectivity index (χ3v) is 3.53. The lowest BCUT2D eigenvalue weighted by molar-refractivity contribution is 0.505. The second kappa shape index (κ2) is 6.77. The van der Waals surface area contributed by atoms with Crippen molar-refractivity contribution in [2.24, 2.45) is 11.7 Å². The number of hydrogen-bond acceptors (Lipinski definition) is 1. The Labute approximate surface area is 115 Å². The Morgan fingerprint density at radius 3 is 2.12 bits per heavy atom. The van der Waals surface area contributed by atoms with E-state index in [1.54, 1.807) is 0 Å². The van der Waals surface area contributed by atoms with Gasteiger partial charge in [0.2, 0.25) is 0 Å². The molecule has 1 aromatic rings. The van der Waals surface area contributed by atoms with Gasteiger partial charge in [0.1, 0.15) is 0 Å². The van der Waals surface area contributed by atoms with Crippen molar-refractivity contribution in [2.45, 2.75) is 39.2 Å². The normalized spacial score (nSPS) is 13.1. The molecule has 16 heavy (non-hydrogen) atoms. The molecule has 0 fully saturated rings. The predicted octanol–water partition coefficient (Wildman–Crippen LogP) is 5.04. The van der Waals surface area contributed by atoms with Crippen LogP contribution in [-0.2, 0) is 0 Å². The first-order valence-electron chi connectivity index (χ1n) is 5.70. The van der Waals surface area contributed by atoms with Gasteiger partial charge in [0.25, 0.3) is 0 Å². The highest BCUT2D eigenvalue weighted by atomic mass is 79.9. The van der Waals surface area contributed by atoms with E-state index in [1.165, 1.54) is 18.4 Å². The van der Waals surface area contributed by atoms with Gasteiger partial charge in [-0.05, 0) is 36.1 Å². The summed E-state index contributed by atoms with van der Waals surface area (Å²) in [6, 6.07) is 6.38. The van der Waals surface area contributed by atoms with Crippen LogP contribution in [0.2, 0.25) is 0 Å². The summed E-state index contributed by atoms with van der Waals surface area (Å²) in [5.74, 6) is 0.765. The van der Waals surface area contributed by atoms with Crippen molar-refractivity contribution < 1.29 is 0 Å². The Bertz CT molecular complexity index is 316. The van der Waals surface area contributed by atoms with E-state index < -0.39 is 0 Å². The molecule has 0 amide bonds. The minimum atomic E-state index is 0.146. The van der Waals surface area contributed by atoms with Crippen LogP contribution < -0.4 is 5.73 Å². The highest BCUT2D eigenvalue weighted by Crippen LogP contribution is 2.25. The lowest BCUT2D eigenvalue weighted by atomic mass is 9.99. The molecule has 0 aliphatic carbocycles. The molecule has 3 heteroatoms. The van der Waals surface area contributed by atoms with Gasteiger partial charge in [-0.25, -0.2) is 0 Å². The van der Waals surface area contributed by atoms with E-state index in [9.17, 15) is 0 Å². The molecule has 0 heterocycles. The summed E-state index contributed by atoms with van der Waals surface area (Å²) in [5, 5.41) is 0. The molecule has 1 atom stereocenters. The molecule has 1 unspecified atom stereocenters. The lowest BCUT2D eigenvalue weighted by Crippen LogP contribution is -2.10. The fraction of sp³-hybridized carbons (Fsp3) is 0.538. The summed E-state index contributed by atoms with van der Waals surface area (Å²) in [4.78, 5) is 0. The van der Waals surface area contributed by atoms with Gasteiger partial charge in [-0.15, -0.1) is 0 Å². The van der Waals surface area contributed by atoms with Gasteiger partial charge in [0.15, 0.2) is 0 Å². The Morgan fingerprint density at radius 1 is 1.06 bits per heavy atom. The number of halogens is 2. The summed E-state index contributed by atoms with van der Waals surface area (Å²) in [5.41, 5.74) is 7.38. The maximum Gasteiger partial charge on any atom is 0.0295 e. The number of benzene rings is 1. The SMILES string of the molecule is CC(C)CCCC(N)c1cc(Br)cc(Br)c1. The first kappa shape index (κ1) is 14.2. The van der Waals surface area contributed by atoms with Crippen molar-refractivity contribution in [3.8, 4) is 0 Å². The maximum absolute atomic E-state index is 6.18. The van der Waals surface area contributed by atoms with E-state index in [2.05, 4.69) is 57.8 Å². The maximum atomic E-state index is 6.18. The van der Waals surface area contributed by atoms with Gasteiger partial charge in [0.05, 0.1) is 0 Å². The van der Waals surface area contributed by atoms with Crippen LogP contribution >= 0.6 is 31.9 Å². The average Bonchev–Trinajstić information content (AvgIpc) is 2.15. The molecule has 0 bridgehead atoms. The van der Waals surface area contributed by atoms with Gasteiger partial charge < -0.3 is 5.73 Å². The largest absolute Gasteiger partial charge is 0.324 e. The molecule has 0 aliphatic heterocycles. The Kier molecular flexibility index (Phi) is 6.01. The van der Waals surface area contributed by atoms with Crippen LogP contribution in [-0.4, -0.2) is 0 Å². The van der Waals surface area contributed by atoms with Crippen LogP contribution in [0, 0.1) is 5.92 Å². The van der Waals surface area contributed by atoms with Gasteiger partial charge in [-0.2, -0.15) is 0 Å². The van der Waals surface area contributed by atoms with Crippen molar-refractivity contribution in [2.75, 3.05) is 0 Å². The standard InChI is InChI=1S/C13H19Br2N/c1-9(2)4-3-5-13(16)10-6-11(14)8-12(15)7-10/h6-9,13H,3-5,16H2,1-2H3. The van der Waals surface area contributed by atoms with Crippen molar-refractivity contribution in [3.63, 3.8) is 0 Å². The molecule has 1 rings (SSSR count). The third-order valence-electron chi connectivity index (χ3n) is 2.61. The van der Waals surface area contributed by atoms with E-state index >= 15 is 0 Å². The summed E-state index contributed by atoms with van der Waals surface area (Å²) < 4.78 is 2.16. The van der Waals surface area contributed by atoms with E-state index in [4.69, 9.17) is 5.73 Å². The van der Waals surface area contributed by atoms with Crippen LogP contribution in [0.5, 0.6) is 0 Å². The summed E-state index contributed by atoms with van der Waals surface area (Å²) in [6.07, 6.45) is 3.51. The first-order chi connectivity index (χ1) is 7.49. The molecular weight excluding hydrogens is 330 g/mol. The van der Waals surface area contributed by atoms with Gasteiger partial charge in [-0.1, -0.05) is 58.5 Å². The molecule has 1 aromatic carbocycles. The molecule has 0 spiro atoms. The first-order valence-corrected chi connectivity index (χ1v) is 7.29. The van der Waals surface area contributed by atoms with Crippen molar-refractivity contribution in [1.29, 1.82) is 0 Å². The van der Waals surface area contributed by atoms with Gasteiger partial charge in [0, 0.05) is 15.0 Å². The Balaban J connectivity index is 2.55. The summed E-state index contributed by atoms with van der Waals surface area (Å²) in [7, 11) is 0. The summed E-state index contributed by atoms with van der Waals surface area (Å²) >= 11 is 6.97. The summed E-state index contributed by atoms with van der Waals surface area (Å²) in [6.45, 7) is 4.50. The van der Waals surface area contributed by atoms with Crippen molar-refractivity contribution in [3.05, 3.63) is 32.7 Å². The van der Waals surface area contributed by atoms with Crippen LogP contribution in [0.25, 0.3) is 0 Å². The third kappa shape index (κ3) is 4.98. The fourth-order valence-corrected chi connectivity index (χ4v) is 3.03. The highest BCUT2D eigenvalue weighted by Gasteiger charge is 2.08. The Morgan fingerprint density at radius 2 is 1.62 bits per heavy atom. The average molecular weight is 349 g/mol. The minimum absolute atomic E-state index is 0.146. The molecule has 1 nitrogen and oxygen atoms in total. The van der Waals surface area contributed by atoms with E-state index in [0.29, 0.717) is 0 Å². The van der Waals surface area contributed by atoms with Crippen LogP contribution in [0.4, 0.5) is 0 Å². The molecule has 0 saturated carbocycles. The molecule has 2 N–H and O–H groups in total. The zero-order valence-corrected chi connectivity index (χ0v) is 13.0. The smallest absolute Gasteiger partial charge is 0.0295 e. The van der Waals surface area contributed by atoms with E-state index in [1.807, 2.05) is 6.07 Å². The van der Waals surface area contributed by atoms with Gasteiger partial charge >= 0.3 is 0 Å². The molecule has 0 aromatic heterocycles. The molecule has 0 radical (unpaired) electrons. The topological polar surface area (TPSA) is 26.0 Å². The monoisotopic (exact) mass is 347 g/mol. The van der Waals surface area contributed by atoms with Crippen LogP contribution in [0.3, 0.4) is 0 Å². The van der Waals surface area contributed by atoms with E-state index in [-0.39, 0.29) is 6.04 Å². The van der Waals surface area contributed by atoms with Gasteiger partial charge in [-0.3, -0.25) is 0 Å². The van der Waals surface area contributed by atoms with Crippen molar-refractivity contribution >= 4 is 31.9 Å². The quantitative estimate of drug-likeness (QED) is 0.792. The zero-order valence-electron chi connectivity index (χ0n) is 9.84. The highest BCUT2D eigenvalue weighted by molar-refractivity contribution is 9.11. The lowest BCUT2D eigenvalue weighted by Gasteiger charge is -2.13. The number of rotatable bonds is 5. The molecule has 0 aliphatic rings. The number of hydrogen-bond donors (Lipinski definition) is 1. The van der Waals surface area contributed by atoms with Crippen molar-refractivity contribution in [1.82, 2.24) is 0 Å². The molecule has 0 saturated heterocycles. The minimum Gasteiger partial charge on any atom is -0.324 e. The predicted molar refractivity (Wildman–Crippen MR) is 77.5 cm³/mol. The zero-order chi connectivity index (χ0) is 12.1. The number of nitrogens with two attached hydrogens (primary N) is 1. The second-order valence-electron chi connectivity index (χ2n) is 4.63. The molecular formula is C13H19Br2N. The van der Waals surface area contributed by atoms with Crippen LogP contribution in [0.1, 0.15) is 44.7 Å². The Hall–Kier alpha value is 0.140. The van der Waals surface area contributed by atoms with Crippen LogP contribution in [0.15, 0.2) is 27.1 Å². The molecule has 90 valence electrons.